The number of nitrogens with one attached hydrogen (secondary N) is 1. The van der Waals surface area contributed by atoms with Crippen molar-refractivity contribution in [3.63, 3.8) is 0 Å². The van der Waals surface area contributed by atoms with Gasteiger partial charge < -0.3 is 15.3 Å². The SMILES string of the molecule is Cc1cc2c(n1CCc1ncc[nH]1)CC(C)(C)CC2N. The number of rotatable bonds is 3. The molecular weight excluding hydrogens is 248 g/mol. The summed E-state index contributed by atoms with van der Waals surface area (Å²) < 4.78 is 2.43. The summed E-state index contributed by atoms with van der Waals surface area (Å²) in [6.45, 7) is 7.78. The van der Waals surface area contributed by atoms with E-state index >= 15 is 0 Å². The van der Waals surface area contributed by atoms with Crippen LogP contribution in [-0.4, -0.2) is 14.5 Å². The zero-order valence-corrected chi connectivity index (χ0v) is 12.6. The molecule has 0 saturated heterocycles. The summed E-state index contributed by atoms with van der Waals surface area (Å²) in [7, 11) is 0. The first-order valence-electron chi connectivity index (χ1n) is 7.39. The van der Waals surface area contributed by atoms with E-state index in [4.69, 9.17) is 5.73 Å². The van der Waals surface area contributed by atoms with Crippen LogP contribution in [0.15, 0.2) is 18.5 Å². The molecule has 1 unspecified atom stereocenters. The van der Waals surface area contributed by atoms with Gasteiger partial charge in [0, 0.05) is 42.8 Å². The molecule has 20 heavy (non-hydrogen) atoms. The van der Waals surface area contributed by atoms with E-state index in [0.717, 1.165) is 31.6 Å². The maximum Gasteiger partial charge on any atom is 0.107 e. The van der Waals surface area contributed by atoms with E-state index in [0.29, 0.717) is 5.41 Å². The van der Waals surface area contributed by atoms with Crippen LogP contribution in [0.4, 0.5) is 0 Å². The minimum atomic E-state index is 0.178. The normalized spacial score (nSPS) is 20.9. The van der Waals surface area contributed by atoms with Crippen molar-refractivity contribution in [1.29, 1.82) is 0 Å². The molecule has 0 aromatic carbocycles. The lowest BCUT2D eigenvalue weighted by Gasteiger charge is -2.34. The van der Waals surface area contributed by atoms with Gasteiger partial charge in [0.2, 0.25) is 0 Å². The molecule has 0 radical (unpaired) electrons. The zero-order valence-electron chi connectivity index (χ0n) is 12.6. The molecule has 2 aromatic rings. The largest absolute Gasteiger partial charge is 0.349 e. The fraction of sp³-hybridized carbons (Fsp3) is 0.562. The summed E-state index contributed by atoms with van der Waals surface area (Å²) >= 11 is 0. The summed E-state index contributed by atoms with van der Waals surface area (Å²) in [5.41, 5.74) is 10.7. The highest BCUT2D eigenvalue weighted by Crippen LogP contribution is 2.40. The Hall–Kier alpha value is -1.55. The average molecular weight is 272 g/mol. The van der Waals surface area contributed by atoms with E-state index in [1.165, 1.54) is 17.0 Å². The second kappa shape index (κ2) is 4.77. The third-order valence-electron chi connectivity index (χ3n) is 4.39. The van der Waals surface area contributed by atoms with Crippen molar-refractivity contribution < 1.29 is 0 Å². The molecule has 4 heteroatoms. The van der Waals surface area contributed by atoms with Crippen LogP contribution in [0, 0.1) is 12.3 Å². The lowest BCUT2D eigenvalue weighted by molar-refractivity contribution is 0.275. The standard InChI is InChI=1S/C16H24N4/c1-11-8-12-13(17)9-16(2,3)10-14(12)20(11)7-4-15-18-5-6-19-15/h5-6,8,13H,4,7,9-10,17H2,1-3H3,(H,18,19). The van der Waals surface area contributed by atoms with Gasteiger partial charge in [-0.1, -0.05) is 13.8 Å². The Bertz CT molecular complexity index is 592. The number of aromatic amines is 1. The van der Waals surface area contributed by atoms with Crippen LogP contribution in [0.5, 0.6) is 0 Å². The number of imidazole rings is 1. The highest BCUT2D eigenvalue weighted by atomic mass is 15.0. The van der Waals surface area contributed by atoms with E-state index < -0.39 is 0 Å². The van der Waals surface area contributed by atoms with Gasteiger partial charge in [-0.2, -0.15) is 0 Å². The number of nitrogens with zero attached hydrogens (tertiary/aromatic N) is 2. The van der Waals surface area contributed by atoms with Crippen molar-refractivity contribution in [2.24, 2.45) is 11.1 Å². The molecule has 2 aromatic heterocycles. The van der Waals surface area contributed by atoms with Gasteiger partial charge in [-0.25, -0.2) is 4.98 Å². The molecule has 0 bridgehead atoms. The lowest BCUT2D eigenvalue weighted by Crippen LogP contribution is -2.30. The molecule has 1 aliphatic rings. The second-order valence-electron chi connectivity index (χ2n) is 6.78. The Labute approximate surface area is 120 Å². The van der Waals surface area contributed by atoms with Gasteiger partial charge in [-0.05, 0) is 36.8 Å². The summed E-state index contributed by atoms with van der Waals surface area (Å²) in [6, 6.07) is 2.45. The lowest BCUT2D eigenvalue weighted by atomic mass is 9.74. The topological polar surface area (TPSA) is 59.6 Å². The van der Waals surface area contributed by atoms with Crippen molar-refractivity contribution in [3.8, 4) is 0 Å². The molecule has 3 rings (SSSR count). The van der Waals surface area contributed by atoms with Crippen LogP contribution in [-0.2, 0) is 19.4 Å². The minimum Gasteiger partial charge on any atom is -0.349 e. The van der Waals surface area contributed by atoms with Gasteiger partial charge in [0.25, 0.3) is 0 Å². The Morgan fingerprint density at radius 1 is 1.50 bits per heavy atom. The summed E-state index contributed by atoms with van der Waals surface area (Å²) in [4.78, 5) is 7.48. The van der Waals surface area contributed by atoms with Gasteiger partial charge in [-0.3, -0.25) is 0 Å². The molecule has 0 amide bonds. The Morgan fingerprint density at radius 3 is 3.00 bits per heavy atom. The van der Waals surface area contributed by atoms with Gasteiger partial charge in [0.1, 0.15) is 5.82 Å². The highest BCUT2D eigenvalue weighted by molar-refractivity contribution is 5.34. The highest BCUT2D eigenvalue weighted by Gasteiger charge is 2.33. The van der Waals surface area contributed by atoms with Gasteiger partial charge in [-0.15, -0.1) is 0 Å². The molecule has 0 aliphatic heterocycles. The monoisotopic (exact) mass is 272 g/mol. The molecule has 108 valence electrons. The number of nitrogens with two attached hydrogens (primary N) is 1. The predicted molar refractivity (Wildman–Crippen MR) is 80.5 cm³/mol. The molecule has 0 spiro atoms. The van der Waals surface area contributed by atoms with E-state index in [-0.39, 0.29) is 6.04 Å². The number of fused-ring (bicyclic) bond motifs is 1. The second-order valence-corrected chi connectivity index (χ2v) is 6.78. The summed E-state index contributed by atoms with van der Waals surface area (Å²) in [6.07, 6.45) is 6.81. The smallest absolute Gasteiger partial charge is 0.107 e. The molecule has 3 N–H and O–H groups in total. The summed E-state index contributed by atoms with van der Waals surface area (Å²) in [5, 5.41) is 0. The van der Waals surface area contributed by atoms with Crippen molar-refractivity contribution in [2.75, 3.05) is 0 Å². The summed E-state index contributed by atoms with van der Waals surface area (Å²) in [5.74, 6) is 1.05. The zero-order chi connectivity index (χ0) is 14.3. The first kappa shape index (κ1) is 13.4. The molecular formula is C16H24N4. The maximum absolute atomic E-state index is 6.36. The molecule has 4 nitrogen and oxygen atoms in total. The molecule has 1 atom stereocenters. The van der Waals surface area contributed by atoms with Crippen molar-refractivity contribution in [1.82, 2.24) is 14.5 Å². The molecule has 2 heterocycles. The molecule has 0 fully saturated rings. The van der Waals surface area contributed by atoms with Crippen molar-refractivity contribution in [2.45, 2.75) is 52.6 Å². The van der Waals surface area contributed by atoms with Crippen LogP contribution in [0.3, 0.4) is 0 Å². The Morgan fingerprint density at radius 2 is 2.30 bits per heavy atom. The number of hydrogen-bond donors (Lipinski definition) is 2. The van der Waals surface area contributed by atoms with Crippen LogP contribution in [0.2, 0.25) is 0 Å². The van der Waals surface area contributed by atoms with Crippen molar-refractivity contribution >= 4 is 0 Å². The fourth-order valence-electron chi connectivity index (χ4n) is 3.47. The van der Waals surface area contributed by atoms with Crippen LogP contribution < -0.4 is 5.73 Å². The first-order valence-corrected chi connectivity index (χ1v) is 7.39. The fourth-order valence-corrected chi connectivity index (χ4v) is 3.47. The number of H-pyrrole nitrogens is 1. The van der Waals surface area contributed by atoms with Gasteiger partial charge in [0.15, 0.2) is 0 Å². The van der Waals surface area contributed by atoms with Crippen LogP contribution in [0.1, 0.15) is 49.1 Å². The van der Waals surface area contributed by atoms with Crippen LogP contribution in [0.25, 0.3) is 0 Å². The quantitative estimate of drug-likeness (QED) is 0.902. The molecule has 1 aliphatic carbocycles. The number of aryl methyl sites for hydroxylation is 2. The van der Waals surface area contributed by atoms with Crippen molar-refractivity contribution in [3.05, 3.63) is 41.2 Å². The number of aromatic nitrogens is 3. The van der Waals surface area contributed by atoms with Gasteiger partial charge in [0.05, 0.1) is 0 Å². The van der Waals surface area contributed by atoms with E-state index in [1.807, 2.05) is 12.4 Å². The minimum absolute atomic E-state index is 0.178. The first-order chi connectivity index (χ1) is 9.46. The third-order valence-corrected chi connectivity index (χ3v) is 4.39. The predicted octanol–water partition coefficient (Wildman–Crippen LogP) is 2.73. The maximum atomic E-state index is 6.36. The van der Waals surface area contributed by atoms with Gasteiger partial charge >= 0.3 is 0 Å². The Balaban J connectivity index is 1.88. The Kier molecular flexibility index (Phi) is 3.21. The van der Waals surface area contributed by atoms with E-state index in [2.05, 4.69) is 41.4 Å². The average Bonchev–Trinajstić information content (AvgIpc) is 2.94. The number of hydrogen-bond acceptors (Lipinski definition) is 2. The third kappa shape index (κ3) is 2.40. The van der Waals surface area contributed by atoms with E-state index in [1.54, 1.807) is 0 Å². The van der Waals surface area contributed by atoms with Crippen LogP contribution >= 0.6 is 0 Å². The molecule has 0 saturated carbocycles. The van der Waals surface area contributed by atoms with E-state index in [9.17, 15) is 0 Å².